The van der Waals surface area contributed by atoms with Gasteiger partial charge in [0.15, 0.2) is 0 Å². The lowest BCUT2D eigenvalue weighted by Crippen LogP contribution is -2.32. The number of hydrogen-bond donors (Lipinski definition) is 2. The van der Waals surface area contributed by atoms with Crippen LogP contribution in [0.25, 0.3) is 0 Å². The summed E-state index contributed by atoms with van der Waals surface area (Å²) in [6.45, 7) is 0.534. The van der Waals surface area contributed by atoms with Gasteiger partial charge >= 0.3 is 0 Å². The van der Waals surface area contributed by atoms with Crippen molar-refractivity contribution in [2.75, 3.05) is 6.61 Å². The van der Waals surface area contributed by atoms with Crippen molar-refractivity contribution in [3.05, 3.63) is 59.4 Å². The average Bonchev–Trinajstić information content (AvgIpc) is 2.55. The predicted molar refractivity (Wildman–Crippen MR) is 76.9 cm³/mol. The first-order valence-electron chi connectivity index (χ1n) is 6.86. The van der Waals surface area contributed by atoms with Crippen molar-refractivity contribution in [2.45, 2.75) is 19.1 Å². The minimum Gasteiger partial charge on any atom is -0.491 e. The second kappa shape index (κ2) is 5.93. The molecule has 0 spiro atoms. The minimum absolute atomic E-state index is 0.0286. The van der Waals surface area contributed by atoms with E-state index < -0.39 is 0 Å². The summed E-state index contributed by atoms with van der Waals surface area (Å²) in [5.74, 6) is 0.577. The number of aromatic nitrogens is 1. The largest absolute Gasteiger partial charge is 0.491 e. The molecule has 5 heteroatoms. The highest BCUT2D eigenvalue weighted by molar-refractivity contribution is 5.94. The zero-order chi connectivity index (χ0) is 14.7. The Morgan fingerprint density at radius 2 is 2.14 bits per heavy atom. The fraction of sp³-hybridized carbons (Fsp3) is 0.250. The molecule has 2 heterocycles. The maximum absolute atomic E-state index is 12.3. The fourth-order valence-corrected chi connectivity index (χ4v) is 2.35. The van der Waals surface area contributed by atoms with Crippen molar-refractivity contribution in [3.8, 4) is 5.75 Å². The molecule has 1 unspecified atom stereocenters. The van der Waals surface area contributed by atoms with Crippen LogP contribution in [0.5, 0.6) is 5.75 Å². The Hall–Kier alpha value is -2.40. The van der Waals surface area contributed by atoms with E-state index in [0.717, 1.165) is 17.0 Å². The predicted octanol–water partition coefficient (Wildman–Crippen LogP) is 1.83. The van der Waals surface area contributed by atoms with E-state index in [0.29, 0.717) is 18.6 Å². The van der Waals surface area contributed by atoms with Crippen molar-refractivity contribution in [1.82, 2.24) is 10.3 Å². The second-order valence-electron chi connectivity index (χ2n) is 4.91. The van der Waals surface area contributed by atoms with Gasteiger partial charge in [0.1, 0.15) is 11.4 Å². The first-order valence-corrected chi connectivity index (χ1v) is 6.86. The van der Waals surface area contributed by atoms with Crippen molar-refractivity contribution < 1.29 is 14.6 Å². The van der Waals surface area contributed by atoms with E-state index in [4.69, 9.17) is 9.84 Å². The number of fused-ring (bicyclic) bond motifs is 1. The molecule has 3 rings (SSSR count). The summed E-state index contributed by atoms with van der Waals surface area (Å²) < 4.78 is 5.53. The molecular formula is C16H16N2O3. The quantitative estimate of drug-likeness (QED) is 0.902. The topological polar surface area (TPSA) is 71.5 Å². The Morgan fingerprint density at radius 1 is 1.33 bits per heavy atom. The van der Waals surface area contributed by atoms with Crippen molar-refractivity contribution in [2.24, 2.45) is 0 Å². The van der Waals surface area contributed by atoms with E-state index in [1.807, 2.05) is 12.1 Å². The minimum atomic E-state index is -0.150. The number of carbonyl (C=O) groups excluding carboxylic acids is 1. The van der Waals surface area contributed by atoms with E-state index in [1.165, 1.54) is 0 Å². The molecule has 2 aromatic rings. The average molecular weight is 284 g/mol. The monoisotopic (exact) mass is 284 g/mol. The number of benzene rings is 1. The molecular weight excluding hydrogens is 268 g/mol. The molecule has 1 aliphatic heterocycles. The van der Waals surface area contributed by atoms with Crippen LogP contribution in [0.4, 0.5) is 0 Å². The molecule has 0 radical (unpaired) electrons. The summed E-state index contributed by atoms with van der Waals surface area (Å²) in [5.41, 5.74) is 2.12. The van der Waals surface area contributed by atoms with E-state index >= 15 is 0 Å². The summed E-state index contributed by atoms with van der Waals surface area (Å²) >= 11 is 0. The standard InChI is InChI=1S/C16H16N2O3/c19-10-11-3-5-12(6-4-11)16(20)18-13-7-9-21-14-2-1-8-17-15(13)14/h1-6,8,13,19H,7,9-10H2,(H,18,20). The van der Waals surface area contributed by atoms with Crippen LogP contribution in [0.1, 0.15) is 34.1 Å². The molecule has 1 aliphatic rings. The van der Waals surface area contributed by atoms with Crippen LogP contribution in [0.3, 0.4) is 0 Å². The number of ether oxygens (including phenoxy) is 1. The first-order chi connectivity index (χ1) is 10.3. The van der Waals surface area contributed by atoms with Gasteiger partial charge in [-0.15, -0.1) is 0 Å². The van der Waals surface area contributed by atoms with Gasteiger partial charge in [0.25, 0.3) is 5.91 Å². The number of rotatable bonds is 3. The zero-order valence-corrected chi connectivity index (χ0v) is 11.5. The molecule has 0 aliphatic carbocycles. The highest BCUT2D eigenvalue weighted by atomic mass is 16.5. The normalized spacial score (nSPS) is 16.7. The molecule has 0 fully saturated rings. The Balaban J connectivity index is 1.76. The van der Waals surface area contributed by atoms with Crippen LogP contribution in [0.2, 0.25) is 0 Å². The molecule has 0 saturated heterocycles. The smallest absolute Gasteiger partial charge is 0.251 e. The molecule has 21 heavy (non-hydrogen) atoms. The van der Waals surface area contributed by atoms with Crippen molar-refractivity contribution in [3.63, 3.8) is 0 Å². The molecule has 0 bridgehead atoms. The lowest BCUT2D eigenvalue weighted by molar-refractivity contribution is 0.0923. The zero-order valence-electron chi connectivity index (χ0n) is 11.5. The van der Waals surface area contributed by atoms with Crippen LogP contribution in [-0.4, -0.2) is 22.6 Å². The summed E-state index contributed by atoms with van der Waals surface area (Å²) in [6.07, 6.45) is 2.40. The number of amides is 1. The van der Waals surface area contributed by atoms with Gasteiger partial charge in [0.05, 0.1) is 19.3 Å². The van der Waals surface area contributed by atoms with Gasteiger partial charge < -0.3 is 15.2 Å². The molecule has 108 valence electrons. The van der Waals surface area contributed by atoms with Gasteiger partial charge in [-0.3, -0.25) is 9.78 Å². The third-order valence-electron chi connectivity index (χ3n) is 3.50. The number of hydrogen-bond acceptors (Lipinski definition) is 4. The van der Waals surface area contributed by atoms with Crippen LogP contribution in [0, 0.1) is 0 Å². The lowest BCUT2D eigenvalue weighted by atomic mass is 10.1. The van der Waals surface area contributed by atoms with Gasteiger partial charge in [-0.1, -0.05) is 12.1 Å². The highest BCUT2D eigenvalue weighted by Gasteiger charge is 2.24. The summed E-state index contributed by atoms with van der Waals surface area (Å²) in [6, 6.07) is 10.4. The highest BCUT2D eigenvalue weighted by Crippen LogP contribution is 2.29. The lowest BCUT2D eigenvalue weighted by Gasteiger charge is -2.25. The number of aliphatic hydroxyl groups excluding tert-OH is 1. The van der Waals surface area contributed by atoms with Gasteiger partial charge in [-0.25, -0.2) is 0 Å². The van der Waals surface area contributed by atoms with Gasteiger partial charge in [0.2, 0.25) is 0 Å². The third-order valence-corrected chi connectivity index (χ3v) is 3.50. The SMILES string of the molecule is O=C(NC1CCOc2cccnc21)c1ccc(CO)cc1. The van der Waals surface area contributed by atoms with Crippen LogP contribution < -0.4 is 10.1 Å². The van der Waals surface area contributed by atoms with E-state index in [1.54, 1.807) is 30.5 Å². The fourth-order valence-electron chi connectivity index (χ4n) is 2.35. The van der Waals surface area contributed by atoms with E-state index in [-0.39, 0.29) is 18.6 Å². The maximum atomic E-state index is 12.3. The molecule has 5 nitrogen and oxygen atoms in total. The Kier molecular flexibility index (Phi) is 3.83. The second-order valence-corrected chi connectivity index (χ2v) is 4.91. The van der Waals surface area contributed by atoms with Crippen LogP contribution in [0.15, 0.2) is 42.6 Å². The molecule has 1 aromatic carbocycles. The summed E-state index contributed by atoms with van der Waals surface area (Å²) in [7, 11) is 0. The Bertz CT molecular complexity index is 640. The van der Waals surface area contributed by atoms with Crippen LogP contribution in [-0.2, 0) is 6.61 Å². The summed E-state index contributed by atoms with van der Waals surface area (Å²) in [4.78, 5) is 16.6. The number of nitrogens with one attached hydrogen (secondary N) is 1. The Morgan fingerprint density at radius 3 is 2.90 bits per heavy atom. The number of nitrogens with zero attached hydrogens (tertiary/aromatic N) is 1. The first kappa shape index (κ1) is 13.6. The number of pyridine rings is 1. The van der Waals surface area contributed by atoms with Crippen molar-refractivity contribution >= 4 is 5.91 Å². The Labute approximate surface area is 122 Å². The van der Waals surface area contributed by atoms with Gasteiger partial charge in [0, 0.05) is 18.2 Å². The molecule has 2 N–H and O–H groups in total. The molecule has 1 aromatic heterocycles. The third kappa shape index (κ3) is 2.87. The molecule has 0 saturated carbocycles. The van der Waals surface area contributed by atoms with Crippen LogP contribution >= 0.6 is 0 Å². The molecule has 1 amide bonds. The maximum Gasteiger partial charge on any atom is 0.251 e. The van der Waals surface area contributed by atoms with Crippen molar-refractivity contribution in [1.29, 1.82) is 0 Å². The molecule has 1 atom stereocenters. The summed E-state index contributed by atoms with van der Waals surface area (Å²) in [5, 5.41) is 12.0. The van der Waals surface area contributed by atoms with E-state index in [9.17, 15) is 4.79 Å². The van der Waals surface area contributed by atoms with Gasteiger partial charge in [-0.05, 0) is 29.8 Å². The van der Waals surface area contributed by atoms with E-state index in [2.05, 4.69) is 10.3 Å². The number of aliphatic hydroxyl groups is 1. The van der Waals surface area contributed by atoms with Gasteiger partial charge in [-0.2, -0.15) is 0 Å². The number of carbonyl (C=O) groups is 1.